The van der Waals surface area contributed by atoms with E-state index in [1.807, 2.05) is 5.38 Å². The van der Waals surface area contributed by atoms with Crippen LogP contribution in [0, 0.1) is 20.8 Å². The third-order valence-electron chi connectivity index (χ3n) is 4.50. The second-order valence-corrected chi connectivity index (χ2v) is 8.70. The predicted molar refractivity (Wildman–Crippen MR) is 109 cm³/mol. The zero-order chi connectivity index (χ0) is 19.0. The Balaban J connectivity index is 1.40. The van der Waals surface area contributed by atoms with E-state index in [1.54, 1.807) is 6.33 Å². The van der Waals surface area contributed by atoms with Crippen molar-refractivity contribution in [3.05, 3.63) is 40.5 Å². The number of carbonyl (C=O) groups is 1. The molecule has 3 aromatic rings. The van der Waals surface area contributed by atoms with E-state index in [0.29, 0.717) is 16.9 Å². The molecular formula is C19H21N5OS2. The SMILES string of the molecule is Cc1cc(C)c(-c2csc(NC(=O)CSc3nncn3C3CC3)n2)c(C)c1. The Kier molecular flexibility index (Phi) is 5.01. The summed E-state index contributed by atoms with van der Waals surface area (Å²) in [6.45, 7) is 6.29. The van der Waals surface area contributed by atoms with Crippen molar-refractivity contribution >= 4 is 34.1 Å². The lowest BCUT2D eigenvalue weighted by atomic mass is 9.98. The number of hydrogen-bond donors (Lipinski definition) is 1. The zero-order valence-corrected chi connectivity index (χ0v) is 17.2. The van der Waals surface area contributed by atoms with Crippen molar-refractivity contribution in [2.24, 2.45) is 0 Å². The summed E-state index contributed by atoms with van der Waals surface area (Å²) in [6, 6.07) is 4.83. The molecule has 2 aromatic heterocycles. The first-order valence-electron chi connectivity index (χ1n) is 8.87. The van der Waals surface area contributed by atoms with Gasteiger partial charge in [-0.1, -0.05) is 29.5 Å². The predicted octanol–water partition coefficient (Wildman–Crippen LogP) is 4.39. The molecule has 0 aliphatic heterocycles. The summed E-state index contributed by atoms with van der Waals surface area (Å²) in [5.74, 6) is 0.215. The van der Waals surface area contributed by atoms with Crippen LogP contribution >= 0.6 is 23.1 Å². The smallest absolute Gasteiger partial charge is 0.236 e. The van der Waals surface area contributed by atoms with E-state index in [2.05, 4.69) is 58.0 Å². The van der Waals surface area contributed by atoms with E-state index < -0.39 is 0 Å². The van der Waals surface area contributed by atoms with Crippen LogP contribution in [0.1, 0.15) is 35.6 Å². The number of aryl methyl sites for hydroxylation is 3. The molecule has 0 unspecified atom stereocenters. The number of carbonyl (C=O) groups excluding carboxylic acids is 1. The highest BCUT2D eigenvalue weighted by atomic mass is 32.2. The molecule has 0 bridgehead atoms. The maximum Gasteiger partial charge on any atom is 0.236 e. The van der Waals surface area contributed by atoms with Gasteiger partial charge in [-0.05, 0) is 44.7 Å². The van der Waals surface area contributed by atoms with Crippen LogP contribution in [0.2, 0.25) is 0 Å². The molecule has 6 nitrogen and oxygen atoms in total. The third kappa shape index (κ3) is 4.06. The number of benzene rings is 1. The average Bonchev–Trinajstić information content (AvgIpc) is 3.16. The molecule has 0 spiro atoms. The van der Waals surface area contributed by atoms with E-state index in [9.17, 15) is 4.79 Å². The summed E-state index contributed by atoms with van der Waals surface area (Å²) in [5.41, 5.74) is 5.69. The fourth-order valence-electron chi connectivity index (χ4n) is 3.25. The second-order valence-electron chi connectivity index (χ2n) is 6.90. The van der Waals surface area contributed by atoms with Gasteiger partial charge < -0.3 is 9.88 Å². The molecule has 27 heavy (non-hydrogen) atoms. The molecule has 1 saturated carbocycles. The number of thioether (sulfide) groups is 1. The monoisotopic (exact) mass is 399 g/mol. The number of nitrogens with one attached hydrogen (secondary N) is 1. The van der Waals surface area contributed by atoms with Gasteiger partial charge in [0.1, 0.15) is 6.33 Å². The van der Waals surface area contributed by atoms with E-state index in [0.717, 1.165) is 29.3 Å². The van der Waals surface area contributed by atoms with Crippen molar-refractivity contribution in [3.8, 4) is 11.3 Å². The van der Waals surface area contributed by atoms with E-state index in [1.165, 1.54) is 39.8 Å². The Morgan fingerprint density at radius 2 is 2.04 bits per heavy atom. The molecule has 1 aliphatic carbocycles. The van der Waals surface area contributed by atoms with Crippen LogP contribution in [0.4, 0.5) is 5.13 Å². The molecule has 140 valence electrons. The van der Waals surface area contributed by atoms with Gasteiger partial charge in [0, 0.05) is 17.0 Å². The van der Waals surface area contributed by atoms with Gasteiger partial charge in [-0.25, -0.2) is 4.98 Å². The molecule has 0 saturated heterocycles. The molecule has 8 heteroatoms. The number of rotatable bonds is 6. The lowest BCUT2D eigenvalue weighted by molar-refractivity contribution is -0.113. The normalized spacial score (nSPS) is 13.7. The fraction of sp³-hybridized carbons (Fsp3) is 0.368. The molecule has 2 heterocycles. The summed E-state index contributed by atoms with van der Waals surface area (Å²) < 4.78 is 2.06. The number of amides is 1. The molecule has 4 rings (SSSR count). The number of nitrogens with zero attached hydrogens (tertiary/aromatic N) is 4. The number of thiazole rings is 1. The van der Waals surface area contributed by atoms with Crippen LogP contribution < -0.4 is 5.32 Å². The Morgan fingerprint density at radius 3 is 2.74 bits per heavy atom. The standard InChI is InChI=1S/C19H21N5OS2/c1-11-6-12(2)17(13(3)7-11)15-8-26-18(21-15)22-16(25)9-27-19-23-20-10-24(19)14-4-5-14/h6-8,10,14H,4-5,9H2,1-3H3,(H,21,22,25). The van der Waals surface area contributed by atoms with Crippen LogP contribution in [-0.2, 0) is 4.79 Å². The highest BCUT2D eigenvalue weighted by Crippen LogP contribution is 2.37. The van der Waals surface area contributed by atoms with Gasteiger partial charge in [0.05, 0.1) is 11.4 Å². The fourth-order valence-corrected chi connectivity index (χ4v) is 4.75. The molecule has 1 aliphatic rings. The number of hydrogen-bond acceptors (Lipinski definition) is 6. The van der Waals surface area contributed by atoms with Gasteiger partial charge in [-0.15, -0.1) is 21.5 Å². The topological polar surface area (TPSA) is 72.7 Å². The molecule has 1 fully saturated rings. The van der Waals surface area contributed by atoms with Crippen molar-refractivity contribution in [1.82, 2.24) is 19.7 Å². The van der Waals surface area contributed by atoms with Crippen LogP contribution in [0.25, 0.3) is 11.3 Å². The first-order chi connectivity index (χ1) is 13.0. The van der Waals surface area contributed by atoms with Crippen molar-refractivity contribution in [2.45, 2.75) is 44.8 Å². The largest absolute Gasteiger partial charge is 0.306 e. The minimum Gasteiger partial charge on any atom is -0.306 e. The highest BCUT2D eigenvalue weighted by molar-refractivity contribution is 7.99. The van der Waals surface area contributed by atoms with Crippen molar-refractivity contribution < 1.29 is 4.79 Å². The molecule has 1 N–H and O–H groups in total. The molecule has 1 aromatic carbocycles. The minimum absolute atomic E-state index is 0.0800. The maximum absolute atomic E-state index is 12.3. The van der Waals surface area contributed by atoms with Crippen LogP contribution in [0.5, 0.6) is 0 Å². The summed E-state index contributed by atoms with van der Waals surface area (Å²) in [4.78, 5) is 16.9. The molecule has 0 radical (unpaired) electrons. The Morgan fingerprint density at radius 1 is 1.30 bits per heavy atom. The van der Waals surface area contributed by atoms with Gasteiger partial charge in [0.2, 0.25) is 5.91 Å². The van der Waals surface area contributed by atoms with Crippen molar-refractivity contribution in [1.29, 1.82) is 0 Å². The first-order valence-corrected chi connectivity index (χ1v) is 10.7. The van der Waals surface area contributed by atoms with E-state index >= 15 is 0 Å². The Hall–Kier alpha value is -2.19. The van der Waals surface area contributed by atoms with Gasteiger partial charge in [0.25, 0.3) is 0 Å². The zero-order valence-electron chi connectivity index (χ0n) is 15.5. The molecule has 0 atom stereocenters. The minimum atomic E-state index is -0.0800. The van der Waals surface area contributed by atoms with Crippen LogP contribution in [0.15, 0.2) is 29.0 Å². The Labute approximate surface area is 166 Å². The highest BCUT2D eigenvalue weighted by Gasteiger charge is 2.26. The molecular weight excluding hydrogens is 378 g/mol. The lowest BCUT2D eigenvalue weighted by Crippen LogP contribution is -2.14. The summed E-state index contributed by atoms with van der Waals surface area (Å²) >= 11 is 2.86. The average molecular weight is 400 g/mol. The van der Waals surface area contributed by atoms with Crippen LogP contribution in [0.3, 0.4) is 0 Å². The second kappa shape index (κ2) is 7.44. The van der Waals surface area contributed by atoms with E-state index in [4.69, 9.17) is 0 Å². The van der Waals surface area contributed by atoms with Crippen molar-refractivity contribution in [2.75, 3.05) is 11.1 Å². The Bertz CT molecular complexity index is 967. The molecule has 1 amide bonds. The van der Waals surface area contributed by atoms with Gasteiger partial charge in [0.15, 0.2) is 10.3 Å². The van der Waals surface area contributed by atoms with Crippen molar-refractivity contribution in [3.63, 3.8) is 0 Å². The lowest BCUT2D eigenvalue weighted by Gasteiger charge is -2.08. The van der Waals surface area contributed by atoms with Gasteiger partial charge in [-0.3, -0.25) is 4.79 Å². The maximum atomic E-state index is 12.3. The summed E-state index contributed by atoms with van der Waals surface area (Å²) in [5, 5.41) is 14.4. The van der Waals surface area contributed by atoms with E-state index in [-0.39, 0.29) is 5.91 Å². The van der Waals surface area contributed by atoms with Crippen LogP contribution in [-0.4, -0.2) is 31.4 Å². The number of anilines is 1. The summed E-state index contributed by atoms with van der Waals surface area (Å²) in [6.07, 6.45) is 4.08. The number of aromatic nitrogens is 4. The summed E-state index contributed by atoms with van der Waals surface area (Å²) in [7, 11) is 0. The third-order valence-corrected chi connectivity index (χ3v) is 6.21. The quantitative estimate of drug-likeness (QED) is 0.622. The first kappa shape index (κ1) is 18.2. The van der Waals surface area contributed by atoms with Gasteiger partial charge in [-0.2, -0.15) is 0 Å². The van der Waals surface area contributed by atoms with Gasteiger partial charge >= 0.3 is 0 Å².